The summed E-state index contributed by atoms with van der Waals surface area (Å²) in [5.74, 6) is 1.39. The van der Waals surface area contributed by atoms with Gasteiger partial charge in [0, 0.05) is 11.5 Å². The van der Waals surface area contributed by atoms with Gasteiger partial charge in [0.1, 0.15) is 0 Å². The molecule has 0 aliphatic heterocycles. The van der Waals surface area contributed by atoms with E-state index in [2.05, 4.69) is 17.4 Å². The molecule has 0 fully saturated rings. The van der Waals surface area contributed by atoms with Gasteiger partial charge in [-0.05, 0) is 11.9 Å². The molecular formula is C3H7NO2S2. The molecule has 48 valence electrons. The Labute approximate surface area is 57.4 Å². The summed E-state index contributed by atoms with van der Waals surface area (Å²) < 4.78 is 2.13. The van der Waals surface area contributed by atoms with E-state index in [9.17, 15) is 4.79 Å². The molecule has 0 bridgehead atoms. The lowest BCUT2D eigenvalue weighted by molar-refractivity contribution is 0.202. The quantitative estimate of drug-likeness (QED) is 0.320. The molecule has 0 spiro atoms. The van der Waals surface area contributed by atoms with Gasteiger partial charge in [0.2, 0.25) is 0 Å². The van der Waals surface area contributed by atoms with Gasteiger partial charge in [-0.15, -0.1) is 0 Å². The van der Waals surface area contributed by atoms with Crippen molar-refractivity contribution in [3.63, 3.8) is 0 Å². The first-order valence-electron chi connectivity index (χ1n) is 1.99. The molecule has 0 rings (SSSR count). The molecule has 8 heavy (non-hydrogen) atoms. The van der Waals surface area contributed by atoms with Gasteiger partial charge < -0.3 is 5.11 Å². The van der Waals surface area contributed by atoms with Crippen molar-refractivity contribution >= 4 is 30.7 Å². The second kappa shape index (κ2) is 5.11. The van der Waals surface area contributed by atoms with Crippen LogP contribution in [0.4, 0.5) is 4.79 Å². The molecule has 0 atom stereocenters. The highest BCUT2D eigenvalue weighted by Gasteiger charge is 1.90. The van der Waals surface area contributed by atoms with E-state index in [-0.39, 0.29) is 0 Å². The normalized spacial score (nSPS) is 8.62. The van der Waals surface area contributed by atoms with Crippen molar-refractivity contribution in [2.24, 2.45) is 0 Å². The number of rotatable bonds is 3. The van der Waals surface area contributed by atoms with E-state index >= 15 is 0 Å². The molecule has 0 aromatic carbocycles. The summed E-state index contributed by atoms with van der Waals surface area (Å²) in [6.07, 6.45) is -1.00. The third-order valence-electron chi connectivity index (χ3n) is 0.353. The van der Waals surface area contributed by atoms with Crippen LogP contribution in [0, 0.1) is 0 Å². The van der Waals surface area contributed by atoms with Crippen LogP contribution in [0.2, 0.25) is 0 Å². The van der Waals surface area contributed by atoms with Crippen molar-refractivity contribution in [3.05, 3.63) is 0 Å². The average Bonchev–Trinajstić information content (AvgIpc) is 1.66. The molecule has 0 aliphatic rings. The largest absolute Gasteiger partial charge is 0.464 e. The maximum absolute atomic E-state index is 9.72. The highest BCUT2D eigenvalue weighted by Crippen LogP contribution is 1.91. The Balaban J connectivity index is 2.82. The minimum absolute atomic E-state index is 0.685. The van der Waals surface area contributed by atoms with E-state index in [4.69, 9.17) is 5.11 Å². The fourth-order valence-electron chi connectivity index (χ4n) is 0.158. The third kappa shape index (κ3) is 5.97. The minimum atomic E-state index is -1.00. The molecule has 0 radical (unpaired) electrons. The highest BCUT2D eigenvalue weighted by molar-refractivity contribution is 7.98. The molecule has 0 aromatic heterocycles. The summed E-state index contributed by atoms with van der Waals surface area (Å²) in [5, 5.41) is 7.98. The van der Waals surface area contributed by atoms with Crippen molar-refractivity contribution < 1.29 is 9.90 Å². The molecule has 1 amide bonds. The van der Waals surface area contributed by atoms with E-state index in [0.717, 1.165) is 11.9 Å². The topological polar surface area (TPSA) is 49.3 Å². The van der Waals surface area contributed by atoms with E-state index in [1.54, 1.807) is 0 Å². The summed E-state index contributed by atoms with van der Waals surface area (Å²) in [6, 6.07) is 0. The van der Waals surface area contributed by atoms with Gasteiger partial charge in [-0.3, -0.25) is 4.72 Å². The first-order valence-corrected chi connectivity index (χ1v) is 3.60. The lowest BCUT2D eigenvalue weighted by Crippen LogP contribution is -2.12. The Bertz CT molecular complexity index is 77.7. The molecule has 2 N–H and O–H groups in total. The van der Waals surface area contributed by atoms with Crippen LogP contribution in [-0.2, 0) is 0 Å². The lowest BCUT2D eigenvalue weighted by Gasteiger charge is -1.93. The Morgan fingerprint density at radius 3 is 2.88 bits per heavy atom. The second-order valence-corrected chi connectivity index (χ2v) is 2.33. The van der Waals surface area contributed by atoms with Crippen LogP contribution in [0.5, 0.6) is 0 Å². The first kappa shape index (κ1) is 7.97. The monoisotopic (exact) mass is 153 g/mol. The number of thiol groups is 1. The Hall–Kier alpha value is -0.0300. The van der Waals surface area contributed by atoms with Crippen molar-refractivity contribution in [1.29, 1.82) is 0 Å². The maximum Gasteiger partial charge on any atom is 0.414 e. The van der Waals surface area contributed by atoms with Crippen LogP contribution >= 0.6 is 24.6 Å². The minimum Gasteiger partial charge on any atom is -0.464 e. The molecular weight excluding hydrogens is 146 g/mol. The number of amides is 1. The average molecular weight is 153 g/mol. The zero-order valence-corrected chi connectivity index (χ0v) is 5.84. The van der Waals surface area contributed by atoms with Crippen LogP contribution in [0.3, 0.4) is 0 Å². The Morgan fingerprint density at radius 1 is 1.88 bits per heavy atom. The second-order valence-electron chi connectivity index (χ2n) is 0.979. The van der Waals surface area contributed by atoms with Gasteiger partial charge in [0.05, 0.1) is 0 Å². The molecule has 0 saturated carbocycles. The SMILES string of the molecule is O=C(O)NSCCS. The summed E-state index contributed by atoms with van der Waals surface area (Å²) in [6.45, 7) is 0. The summed E-state index contributed by atoms with van der Waals surface area (Å²) in [5.41, 5.74) is 0. The molecule has 0 heterocycles. The van der Waals surface area contributed by atoms with Crippen LogP contribution in [0.25, 0.3) is 0 Å². The van der Waals surface area contributed by atoms with Crippen molar-refractivity contribution in [3.8, 4) is 0 Å². The highest BCUT2D eigenvalue weighted by atomic mass is 32.2. The van der Waals surface area contributed by atoms with Crippen molar-refractivity contribution in [2.45, 2.75) is 0 Å². The molecule has 0 saturated heterocycles. The van der Waals surface area contributed by atoms with Gasteiger partial charge >= 0.3 is 6.09 Å². The molecule has 3 nitrogen and oxygen atoms in total. The van der Waals surface area contributed by atoms with Gasteiger partial charge in [0.25, 0.3) is 0 Å². The van der Waals surface area contributed by atoms with Crippen LogP contribution in [0.1, 0.15) is 0 Å². The van der Waals surface area contributed by atoms with Crippen LogP contribution < -0.4 is 4.72 Å². The van der Waals surface area contributed by atoms with Gasteiger partial charge in [-0.25, -0.2) is 4.79 Å². The zero-order chi connectivity index (χ0) is 6.41. The molecule has 0 unspecified atom stereocenters. The van der Waals surface area contributed by atoms with Crippen LogP contribution in [-0.4, -0.2) is 22.7 Å². The Kier molecular flexibility index (Phi) is 5.09. The standard InChI is InChI=1S/C3H7NO2S2/c5-3(6)4-8-2-1-7/h4,7H,1-2H2,(H,5,6). The van der Waals surface area contributed by atoms with E-state index in [1.165, 1.54) is 0 Å². The van der Waals surface area contributed by atoms with Crippen LogP contribution in [0.15, 0.2) is 0 Å². The number of carboxylic acid groups (broad SMARTS) is 1. The fraction of sp³-hybridized carbons (Fsp3) is 0.667. The number of nitrogens with one attached hydrogen (secondary N) is 1. The van der Waals surface area contributed by atoms with E-state index in [0.29, 0.717) is 11.5 Å². The Morgan fingerprint density at radius 2 is 2.50 bits per heavy atom. The summed E-state index contributed by atoms with van der Waals surface area (Å²) in [4.78, 5) is 9.72. The predicted molar refractivity (Wildman–Crippen MR) is 37.5 cm³/mol. The van der Waals surface area contributed by atoms with Gasteiger partial charge in [-0.2, -0.15) is 12.6 Å². The number of carbonyl (C=O) groups is 1. The molecule has 0 aromatic rings. The summed E-state index contributed by atoms with van der Waals surface area (Å²) in [7, 11) is 0. The predicted octanol–water partition coefficient (Wildman–Crippen LogP) is 0.832. The van der Waals surface area contributed by atoms with Crippen molar-refractivity contribution in [2.75, 3.05) is 11.5 Å². The first-order chi connectivity index (χ1) is 3.77. The number of hydrogen-bond donors (Lipinski definition) is 3. The van der Waals surface area contributed by atoms with E-state index < -0.39 is 6.09 Å². The van der Waals surface area contributed by atoms with Gasteiger partial charge in [0.15, 0.2) is 0 Å². The maximum atomic E-state index is 9.72. The van der Waals surface area contributed by atoms with Crippen molar-refractivity contribution in [1.82, 2.24) is 4.72 Å². The molecule has 0 aliphatic carbocycles. The summed E-state index contributed by atoms with van der Waals surface area (Å²) >= 11 is 5.00. The smallest absolute Gasteiger partial charge is 0.414 e. The molecule has 5 heteroatoms. The zero-order valence-electron chi connectivity index (χ0n) is 4.13. The van der Waals surface area contributed by atoms with Gasteiger partial charge in [-0.1, -0.05) is 0 Å². The number of hydrogen-bond acceptors (Lipinski definition) is 3. The lowest BCUT2D eigenvalue weighted by atomic mass is 11.0. The third-order valence-corrected chi connectivity index (χ3v) is 1.61. The van der Waals surface area contributed by atoms with E-state index in [1.807, 2.05) is 0 Å². The fourth-order valence-corrected chi connectivity index (χ4v) is 0.749.